The van der Waals surface area contributed by atoms with Gasteiger partial charge in [0.1, 0.15) is 5.82 Å². The van der Waals surface area contributed by atoms with E-state index < -0.39 is 5.82 Å². The van der Waals surface area contributed by atoms with Crippen LogP contribution in [0.5, 0.6) is 0 Å². The van der Waals surface area contributed by atoms with E-state index in [2.05, 4.69) is 9.97 Å². The van der Waals surface area contributed by atoms with Gasteiger partial charge >= 0.3 is 0 Å². The number of carbonyl (C=O) groups excluding carboxylic acids is 2. The van der Waals surface area contributed by atoms with Crippen LogP contribution in [0, 0.1) is 5.82 Å². The number of aromatic nitrogens is 2. The molecule has 166 valence electrons. The smallest absolute Gasteiger partial charge is 0.247 e. The Morgan fingerprint density at radius 1 is 1.19 bits per heavy atom. The molecule has 2 amide bonds. The lowest BCUT2D eigenvalue weighted by Crippen LogP contribution is -2.32. The van der Waals surface area contributed by atoms with E-state index in [1.807, 2.05) is 18.2 Å². The Hall–Kier alpha value is -3.43. The number of thiazole rings is 1. The van der Waals surface area contributed by atoms with Crippen molar-refractivity contribution in [3.8, 4) is 0 Å². The highest BCUT2D eigenvalue weighted by Crippen LogP contribution is 2.31. The molecule has 7 nitrogen and oxygen atoms in total. The van der Waals surface area contributed by atoms with Gasteiger partial charge in [0.05, 0.1) is 30.2 Å². The van der Waals surface area contributed by atoms with Crippen molar-refractivity contribution < 1.29 is 18.7 Å². The maximum Gasteiger partial charge on any atom is 0.247 e. The van der Waals surface area contributed by atoms with Crippen LogP contribution in [0.1, 0.15) is 18.3 Å². The van der Waals surface area contributed by atoms with Crippen molar-refractivity contribution in [2.75, 3.05) is 25.2 Å². The Morgan fingerprint density at radius 3 is 2.66 bits per heavy atom. The Morgan fingerprint density at radius 2 is 1.97 bits per heavy atom. The summed E-state index contributed by atoms with van der Waals surface area (Å²) in [7, 11) is 1.58. The lowest BCUT2D eigenvalue weighted by molar-refractivity contribution is -0.127. The summed E-state index contributed by atoms with van der Waals surface area (Å²) in [5.41, 5.74) is 1.39. The fourth-order valence-corrected chi connectivity index (χ4v) is 3.76. The molecule has 0 aliphatic heterocycles. The highest BCUT2D eigenvalue weighted by molar-refractivity contribution is 7.14. The van der Waals surface area contributed by atoms with E-state index in [1.165, 1.54) is 41.4 Å². The average Bonchev–Trinajstić information content (AvgIpc) is 3.25. The van der Waals surface area contributed by atoms with Crippen LogP contribution in [-0.2, 0) is 20.9 Å². The quantitative estimate of drug-likeness (QED) is 0.456. The maximum absolute atomic E-state index is 14.2. The molecule has 1 aromatic carbocycles. The van der Waals surface area contributed by atoms with Gasteiger partial charge < -0.3 is 9.64 Å². The molecule has 2 aromatic heterocycles. The number of benzene rings is 1. The number of hydrogen-bond acceptors (Lipinski definition) is 6. The van der Waals surface area contributed by atoms with Crippen LogP contribution < -0.4 is 4.90 Å². The molecule has 0 aliphatic rings. The summed E-state index contributed by atoms with van der Waals surface area (Å²) < 4.78 is 19.3. The number of pyridine rings is 1. The number of amides is 2. The van der Waals surface area contributed by atoms with Crippen molar-refractivity contribution in [1.82, 2.24) is 14.9 Å². The van der Waals surface area contributed by atoms with Gasteiger partial charge in [-0.25, -0.2) is 9.37 Å². The van der Waals surface area contributed by atoms with Gasteiger partial charge in [-0.05, 0) is 30.3 Å². The van der Waals surface area contributed by atoms with E-state index >= 15 is 0 Å². The van der Waals surface area contributed by atoms with E-state index in [4.69, 9.17) is 4.74 Å². The predicted molar refractivity (Wildman–Crippen MR) is 122 cm³/mol. The molecule has 0 aliphatic carbocycles. The minimum atomic E-state index is -0.520. The largest absolute Gasteiger partial charge is 0.383 e. The summed E-state index contributed by atoms with van der Waals surface area (Å²) in [6.07, 6.45) is 4.66. The van der Waals surface area contributed by atoms with Crippen molar-refractivity contribution in [2.45, 2.75) is 13.5 Å². The molecule has 0 fully saturated rings. The van der Waals surface area contributed by atoms with E-state index in [1.54, 1.807) is 41.8 Å². The third-order valence-corrected chi connectivity index (χ3v) is 5.31. The number of para-hydroxylation sites is 1. The monoisotopic (exact) mass is 454 g/mol. The van der Waals surface area contributed by atoms with Gasteiger partial charge in [-0.15, -0.1) is 11.3 Å². The lowest BCUT2D eigenvalue weighted by Gasteiger charge is -2.20. The molecule has 0 saturated heterocycles. The SMILES string of the molecule is COCCN(Cc1ccccn1)C(=O)/C=C/c1csc(N(C(C)=O)c2ccccc2F)n1. The molecule has 0 saturated carbocycles. The van der Waals surface area contributed by atoms with Gasteiger partial charge in [-0.3, -0.25) is 19.5 Å². The number of hydrogen-bond donors (Lipinski definition) is 0. The number of nitrogens with zero attached hydrogens (tertiary/aromatic N) is 4. The number of halogens is 1. The second kappa shape index (κ2) is 11.3. The normalized spacial score (nSPS) is 11.0. The molecule has 0 atom stereocenters. The number of anilines is 2. The molecule has 32 heavy (non-hydrogen) atoms. The zero-order valence-electron chi connectivity index (χ0n) is 17.8. The summed E-state index contributed by atoms with van der Waals surface area (Å²) in [6.45, 7) is 2.49. The fraction of sp³-hybridized carbons (Fsp3) is 0.217. The number of ether oxygens (including phenoxy) is 1. The van der Waals surface area contributed by atoms with Gasteiger partial charge in [0.2, 0.25) is 11.8 Å². The van der Waals surface area contributed by atoms with Crippen LogP contribution in [0.25, 0.3) is 6.08 Å². The standard InChI is InChI=1S/C23H23FN4O3S/c1-17(29)28(21-9-4-3-8-20(21)24)23-26-19(16-32-23)10-11-22(30)27(13-14-31-2)15-18-7-5-6-12-25-18/h3-12,16H,13-15H2,1-2H3/b11-10+. The zero-order chi connectivity index (χ0) is 22.9. The van der Waals surface area contributed by atoms with E-state index in [9.17, 15) is 14.0 Å². The molecule has 0 spiro atoms. The Bertz CT molecular complexity index is 1090. The molecule has 0 radical (unpaired) electrons. The van der Waals surface area contributed by atoms with Crippen LogP contribution in [0.4, 0.5) is 15.2 Å². The molecule has 9 heteroatoms. The summed E-state index contributed by atoms with van der Waals surface area (Å²) in [6, 6.07) is 11.5. The topological polar surface area (TPSA) is 75.6 Å². The van der Waals surface area contributed by atoms with Crippen molar-refractivity contribution in [1.29, 1.82) is 0 Å². The predicted octanol–water partition coefficient (Wildman–Crippen LogP) is 4.05. The average molecular weight is 455 g/mol. The van der Waals surface area contributed by atoms with Crippen LogP contribution in [-0.4, -0.2) is 46.9 Å². The number of carbonyl (C=O) groups is 2. The second-order valence-corrected chi connectivity index (χ2v) is 7.60. The zero-order valence-corrected chi connectivity index (χ0v) is 18.6. The molecule has 0 bridgehead atoms. The van der Waals surface area contributed by atoms with Crippen LogP contribution >= 0.6 is 11.3 Å². The minimum Gasteiger partial charge on any atom is -0.383 e. The second-order valence-electron chi connectivity index (χ2n) is 6.77. The summed E-state index contributed by atoms with van der Waals surface area (Å²) >= 11 is 1.19. The van der Waals surface area contributed by atoms with Gasteiger partial charge in [0, 0.05) is 38.2 Å². The fourth-order valence-electron chi connectivity index (χ4n) is 2.91. The first kappa shape index (κ1) is 23.2. The minimum absolute atomic E-state index is 0.127. The molecule has 2 heterocycles. The van der Waals surface area contributed by atoms with Crippen molar-refractivity contribution >= 4 is 40.0 Å². The first-order valence-corrected chi connectivity index (χ1v) is 10.7. The van der Waals surface area contributed by atoms with Gasteiger partial charge in [0.25, 0.3) is 0 Å². The van der Waals surface area contributed by atoms with Gasteiger partial charge in [-0.1, -0.05) is 18.2 Å². The molecule has 3 aromatic rings. The summed E-state index contributed by atoms with van der Waals surface area (Å²) in [5.74, 6) is -1.11. The first-order valence-electron chi connectivity index (χ1n) is 9.86. The van der Waals surface area contributed by atoms with Gasteiger partial charge in [0.15, 0.2) is 5.13 Å². The first-order chi connectivity index (χ1) is 15.5. The maximum atomic E-state index is 14.2. The van der Waals surface area contributed by atoms with Crippen molar-refractivity contribution in [3.05, 3.63) is 77.3 Å². The highest BCUT2D eigenvalue weighted by Gasteiger charge is 2.20. The number of methoxy groups -OCH3 is 1. The van der Waals surface area contributed by atoms with E-state index in [0.29, 0.717) is 30.5 Å². The lowest BCUT2D eigenvalue weighted by atomic mass is 10.3. The Balaban J connectivity index is 1.76. The Labute approximate surface area is 189 Å². The van der Waals surface area contributed by atoms with Crippen LogP contribution in [0.2, 0.25) is 0 Å². The van der Waals surface area contributed by atoms with Crippen molar-refractivity contribution in [2.24, 2.45) is 0 Å². The van der Waals surface area contributed by atoms with Crippen LogP contribution in [0.15, 0.2) is 60.1 Å². The molecular formula is C23H23FN4O3S. The van der Waals surface area contributed by atoms with Crippen LogP contribution in [0.3, 0.4) is 0 Å². The summed E-state index contributed by atoms with van der Waals surface area (Å²) in [4.78, 5) is 36.4. The Kier molecular flexibility index (Phi) is 8.18. The third-order valence-electron chi connectivity index (χ3n) is 4.46. The number of rotatable bonds is 9. The van der Waals surface area contributed by atoms with E-state index in [-0.39, 0.29) is 17.5 Å². The van der Waals surface area contributed by atoms with Gasteiger partial charge in [-0.2, -0.15) is 0 Å². The molecule has 3 rings (SSSR count). The summed E-state index contributed by atoms with van der Waals surface area (Å²) in [5, 5.41) is 2.02. The molecular weight excluding hydrogens is 431 g/mol. The van der Waals surface area contributed by atoms with Crippen molar-refractivity contribution in [3.63, 3.8) is 0 Å². The molecule has 0 unspecified atom stereocenters. The third kappa shape index (κ3) is 6.05. The van der Waals surface area contributed by atoms with E-state index in [0.717, 1.165) is 5.69 Å². The molecule has 0 N–H and O–H groups in total. The highest BCUT2D eigenvalue weighted by atomic mass is 32.1.